The van der Waals surface area contributed by atoms with Crippen molar-refractivity contribution >= 4 is 23.3 Å². The Morgan fingerprint density at radius 2 is 1.71 bits per heavy atom. The highest BCUT2D eigenvalue weighted by molar-refractivity contribution is 6.08. The standard InChI is InChI=1S/C21H18F3N5O2/c22-21(23,24)15-9-13(6-5-12(15)11-25)28-17-3-1-2-4-18(17)29(20(28)31)14-7-8-27-16(10-14)19(26)30/h5-10,17-18H,1-4H2,(H2,26,30). The second-order valence-corrected chi connectivity index (χ2v) is 7.54. The number of fused-ring (bicyclic) bond motifs is 1. The molecule has 2 aromatic rings. The quantitative estimate of drug-likeness (QED) is 0.801. The van der Waals surface area contributed by atoms with Crippen LogP contribution in [-0.4, -0.2) is 29.0 Å². The molecule has 10 heteroatoms. The zero-order valence-electron chi connectivity index (χ0n) is 16.3. The van der Waals surface area contributed by atoms with Gasteiger partial charge in [0.2, 0.25) is 0 Å². The minimum Gasteiger partial charge on any atom is -0.364 e. The van der Waals surface area contributed by atoms with Gasteiger partial charge in [-0.25, -0.2) is 4.79 Å². The molecule has 1 aliphatic carbocycles. The van der Waals surface area contributed by atoms with Crippen LogP contribution in [0.25, 0.3) is 0 Å². The van der Waals surface area contributed by atoms with Crippen LogP contribution in [0.3, 0.4) is 0 Å². The zero-order chi connectivity index (χ0) is 22.3. The topological polar surface area (TPSA) is 103 Å². The molecule has 2 fully saturated rings. The third-order valence-electron chi connectivity index (χ3n) is 5.75. The van der Waals surface area contributed by atoms with Gasteiger partial charge in [-0.1, -0.05) is 12.8 Å². The first-order chi connectivity index (χ1) is 14.7. The van der Waals surface area contributed by atoms with E-state index in [9.17, 15) is 22.8 Å². The Morgan fingerprint density at radius 1 is 1.10 bits per heavy atom. The van der Waals surface area contributed by atoms with E-state index >= 15 is 0 Å². The molecule has 2 N–H and O–H groups in total. The van der Waals surface area contributed by atoms with Gasteiger partial charge in [0.15, 0.2) is 0 Å². The molecule has 31 heavy (non-hydrogen) atoms. The molecular weight excluding hydrogens is 411 g/mol. The molecule has 2 unspecified atom stereocenters. The van der Waals surface area contributed by atoms with Crippen LogP contribution >= 0.6 is 0 Å². The Hall–Kier alpha value is -3.61. The maximum absolute atomic E-state index is 13.5. The molecule has 160 valence electrons. The predicted octanol–water partition coefficient (Wildman–Crippen LogP) is 3.83. The number of nitrogens with two attached hydrogens (primary N) is 1. The summed E-state index contributed by atoms with van der Waals surface area (Å²) < 4.78 is 40.4. The van der Waals surface area contributed by atoms with Crippen LogP contribution in [-0.2, 0) is 6.18 Å². The SMILES string of the molecule is N#Cc1ccc(N2C(=O)N(c3ccnc(C(N)=O)c3)C3CCCCC32)cc1C(F)(F)F. The number of nitrogens with zero attached hydrogens (tertiary/aromatic N) is 4. The minimum absolute atomic E-state index is 0.00570. The van der Waals surface area contributed by atoms with Gasteiger partial charge >= 0.3 is 12.2 Å². The molecule has 0 radical (unpaired) electrons. The van der Waals surface area contributed by atoms with Crippen LogP contribution < -0.4 is 15.5 Å². The van der Waals surface area contributed by atoms with E-state index < -0.39 is 29.2 Å². The number of amides is 3. The Bertz CT molecular complexity index is 1100. The number of rotatable bonds is 3. The number of hydrogen-bond acceptors (Lipinski definition) is 4. The van der Waals surface area contributed by atoms with E-state index in [1.807, 2.05) is 0 Å². The van der Waals surface area contributed by atoms with Crippen LogP contribution in [0, 0.1) is 11.3 Å². The van der Waals surface area contributed by atoms with Gasteiger partial charge in [0.25, 0.3) is 5.91 Å². The van der Waals surface area contributed by atoms with Crippen LogP contribution in [0.4, 0.5) is 29.3 Å². The highest BCUT2D eigenvalue weighted by atomic mass is 19.4. The van der Waals surface area contributed by atoms with Crippen molar-refractivity contribution in [3.05, 3.63) is 53.3 Å². The van der Waals surface area contributed by atoms with Crippen LogP contribution in [0.2, 0.25) is 0 Å². The first kappa shape index (κ1) is 20.7. The van der Waals surface area contributed by atoms with Gasteiger partial charge in [-0.15, -0.1) is 0 Å². The second kappa shape index (κ2) is 7.58. The number of nitriles is 1. The van der Waals surface area contributed by atoms with Crippen LogP contribution in [0.5, 0.6) is 0 Å². The number of primary amides is 1. The van der Waals surface area contributed by atoms with Gasteiger partial charge in [0, 0.05) is 17.6 Å². The molecule has 2 heterocycles. The fourth-order valence-corrected chi connectivity index (χ4v) is 4.42. The molecule has 1 aromatic heterocycles. The lowest BCUT2D eigenvalue weighted by molar-refractivity contribution is -0.137. The third-order valence-corrected chi connectivity index (χ3v) is 5.75. The number of pyridine rings is 1. The number of carbonyl (C=O) groups excluding carboxylic acids is 2. The van der Waals surface area contributed by atoms with Gasteiger partial charge in [-0.3, -0.25) is 19.6 Å². The summed E-state index contributed by atoms with van der Waals surface area (Å²) in [5, 5.41) is 9.06. The number of anilines is 2. The van der Waals surface area contributed by atoms with E-state index in [4.69, 9.17) is 11.0 Å². The van der Waals surface area contributed by atoms with Crippen molar-refractivity contribution < 1.29 is 22.8 Å². The number of urea groups is 1. The summed E-state index contributed by atoms with van der Waals surface area (Å²) >= 11 is 0. The Morgan fingerprint density at radius 3 is 2.26 bits per heavy atom. The summed E-state index contributed by atoms with van der Waals surface area (Å²) in [7, 11) is 0. The normalized spacial score (nSPS) is 21.0. The smallest absolute Gasteiger partial charge is 0.364 e. The minimum atomic E-state index is -4.73. The molecule has 7 nitrogen and oxygen atoms in total. The van der Waals surface area contributed by atoms with Gasteiger partial charge in [0.1, 0.15) is 5.69 Å². The average molecular weight is 429 g/mol. The van der Waals surface area contributed by atoms with Gasteiger partial charge in [0.05, 0.1) is 29.3 Å². The Labute approximate surface area is 175 Å². The van der Waals surface area contributed by atoms with Gasteiger partial charge in [-0.2, -0.15) is 18.4 Å². The predicted molar refractivity (Wildman–Crippen MR) is 105 cm³/mol. The maximum Gasteiger partial charge on any atom is 0.417 e. The fourth-order valence-electron chi connectivity index (χ4n) is 4.42. The first-order valence-electron chi connectivity index (χ1n) is 9.72. The number of benzene rings is 1. The van der Waals surface area contributed by atoms with Crippen LogP contribution in [0.15, 0.2) is 36.5 Å². The lowest BCUT2D eigenvalue weighted by Crippen LogP contribution is -2.40. The zero-order valence-corrected chi connectivity index (χ0v) is 16.3. The van der Waals surface area contributed by atoms with Crippen molar-refractivity contribution in [2.24, 2.45) is 5.73 Å². The summed E-state index contributed by atoms with van der Waals surface area (Å²) in [4.78, 5) is 31.7. The summed E-state index contributed by atoms with van der Waals surface area (Å²) in [5.41, 5.74) is 4.22. The van der Waals surface area contributed by atoms with Gasteiger partial charge < -0.3 is 5.73 Å². The molecule has 1 aliphatic heterocycles. The molecule has 4 rings (SSSR count). The largest absolute Gasteiger partial charge is 0.417 e. The van der Waals surface area contributed by atoms with Crippen molar-refractivity contribution in [3.8, 4) is 6.07 Å². The van der Waals surface area contributed by atoms with Crippen LogP contribution in [0.1, 0.15) is 47.3 Å². The lowest BCUT2D eigenvalue weighted by Gasteiger charge is -2.32. The number of halogens is 3. The molecule has 1 saturated carbocycles. The lowest BCUT2D eigenvalue weighted by atomic mass is 9.89. The Balaban J connectivity index is 1.80. The van der Waals surface area contributed by atoms with Crippen molar-refractivity contribution in [2.75, 3.05) is 9.80 Å². The number of aromatic nitrogens is 1. The molecule has 0 bridgehead atoms. The number of carbonyl (C=O) groups is 2. The first-order valence-corrected chi connectivity index (χ1v) is 9.72. The van der Waals surface area contributed by atoms with E-state index in [2.05, 4.69) is 4.98 Å². The highest BCUT2D eigenvalue weighted by Gasteiger charge is 2.48. The monoisotopic (exact) mass is 429 g/mol. The average Bonchev–Trinajstić information content (AvgIpc) is 3.04. The van der Waals surface area contributed by atoms with E-state index in [0.29, 0.717) is 18.5 Å². The van der Waals surface area contributed by atoms with E-state index in [-0.39, 0.29) is 23.5 Å². The number of hydrogen-bond donors (Lipinski definition) is 1. The molecule has 1 saturated heterocycles. The molecule has 2 aliphatic rings. The summed E-state index contributed by atoms with van der Waals surface area (Å²) in [6.07, 6.45) is -0.354. The van der Waals surface area contributed by atoms with Gasteiger partial charge in [-0.05, 0) is 43.2 Å². The maximum atomic E-state index is 13.5. The molecule has 1 aromatic carbocycles. The number of alkyl halides is 3. The summed E-state index contributed by atoms with van der Waals surface area (Å²) in [6, 6.07) is 6.75. The highest BCUT2D eigenvalue weighted by Crippen LogP contribution is 2.42. The Kier molecular flexibility index (Phi) is 5.05. The summed E-state index contributed by atoms with van der Waals surface area (Å²) in [5.74, 6) is -0.743. The second-order valence-electron chi connectivity index (χ2n) is 7.54. The molecule has 3 amide bonds. The third kappa shape index (κ3) is 3.56. The van der Waals surface area contributed by atoms with E-state index in [1.165, 1.54) is 28.1 Å². The molecular formula is C21H18F3N5O2. The van der Waals surface area contributed by atoms with Crippen molar-refractivity contribution in [1.29, 1.82) is 5.26 Å². The van der Waals surface area contributed by atoms with Crippen molar-refractivity contribution in [1.82, 2.24) is 4.98 Å². The van der Waals surface area contributed by atoms with Crippen molar-refractivity contribution in [2.45, 2.75) is 43.9 Å². The molecule has 0 spiro atoms. The van der Waals surface area contributed by atoms with E-state index in [0.717, 1.165) is 25.0 Å². The molecule has 2 atom stereocenters. The summed E-state index contributed by atoms with van der Waals surface area (Å²) in [6.45, 7) is 0. The fraction of sp³-hybridized carbons (Fsp3) is 0.333. The van der Waals surface area contributed by atoms with Crippen molar-refractivity contribution in [3.63, 3.8) is 0 Å². The van der Waals surface area contributed by atoms with E-state index in [1.54, 1.807) is 12.1 Å².